The van der Waals surface area contributed by atoms with Crippen LogP contribution in [0.15, 0.2) is 23.1 Å². The van der Waals surface area contributed by atoms with E-state index in [1.165, 1.54) is 5.56 Å². The van der Waals surface area contributed by atoms with Crippen molar-refractivity contribution < 1.29 is 4.21 Å². The monoisotopic (exact) mass is 237 g/mol. The highest BCUT2D eigenvalue weighted by Crippen LogP contribution is 2.32. The van der Waals surface area contributed by atoms with Crippen molar-refractivity contribution in [1.29, 1.82) is 0 Å². The van der Waals surface area contributed by atoms with Gasteiger partial charge in [-0.3, -0.25) is 4.21 Å². The van der Waals surface area contributed by atoms with Gasteiger partial charge in [-0.1, -0.05) is 32.0 Å². The second kappa shape index (κ2) is 4.68. The van der Waals surface area contributed by atoms with Gasteiger partial charge in [0.25, 0.3) is 0 Å². The summed E-state index contributed by atoms with van der Waals surface area (Å²) in [7, 11) is -0.802. The van der Waals surface area contributed by atoms with Crippen LogP contribution in [0.2, 0.25) is 0 Å². The van der Waals surface area contributed by atoms with E-state index in [1.54, 1.807) is 0 Å². The molecule has 0 fully saturated rings. The minimum Gasteiger partial charge on any atom is -0.308 e. The summed E-state index contributed by atoms with van der Waals surface area (Å²) < 4.78 is 12.0. The van der Waals surface area contributed by atoms with Gasteiger partial charge in [0, 0.05) is 22.7 Å². The smallest absolute Gasteiger partial charge is 0.0536 e. The van der Waals surface area contributed by atoms with E-state index in [9.17, 15) is 4.21 Å². The molecule has 0 amide bonds. The zero-order valence-electron chi connectivity index (χ0n) is 10.1. The van der Waals surface area contributed by atoms with Crippen molar-refractivity contribution in [2.45, 2.75) is 44.2 Å². The van der Waals surface area contributed by atoms with Crippen molar-refractivity contribution in [2.24, 2.45) is 0 Å². The van der Waals surface area contributed by atoms with E-state index in [0.717, 1.165) is 22.6 Å². The standard InChI is InChI=1S/C13H19NOS/c1-9(2)14-12-7-8-16(15)13-10(3)5-4-6-11(12)13/h4-6,9,12,14H,7-8H2,1-3H3. The van der Waals surface area contributed by atoms with Gasteiger partial charge >= 0.3 is 0 Å². The average Bonchev–Trinajstić information content (AvgIpc) is 2.22. The molecule has 2 nitrogen and oxygen atoms in total. The van der Waals surface area contributed by atoms with Gasteiger partial charge in [0.2, 0.25) is 0 Å². The van der Waals surface area contributed by atoms with Crippen molar-refractivity contribution in [1.82, 2.24) is 5.32 Å². The Morgan fingerprint density at radius 1 is 1.44 bits per heavy atom. The first-order valence-electron chi connectivity index (χ1n) is 5.83. The molecule has 1 aromatic carbocycles. The quantitative estimate of drug-likeness (QED) is 0.856. The third-order valence-corrected chi connectivity index (χ3v) is 4.59. The second-order valence-corrected chi connectivity index (χ2v) is 6.21. The largest absolute Gasteiger partial charge is 0.308 e. The van der Waals surface area contributed by atoms with Gasteiger partial charge in [-0.2, -0.15) is 0 Å². The highest BCUT2D eigenvalue weighted by Gasteiger charge is 2.25. The molecule has 1 N–H and O–H groups in total. The normalized spacial score (nSPS) is 24.5. The number of nitrogens with one attached hydrogen (secondary N) is 1. The molecule has 88 valence electrons. The second-order valence-electron chi connectivity index (χ2n) is 4.71. The van der Waals surface area contributed by atoms with Crippen LogP contribution in [-0.4, -0.2) is 16.0 Å². The molecule has 0 saturated heterocycles. The lowest BCUT2D eigenvalue weighted by atomic mass is 10.0. The molecular weight excluding hydrogens is 218 g/mol. The van der Waals surface area contributed by atoms with E-state index in [-0.39, 0.29) is 0 Å². The molecule has 2 atom stereocenters. The molecule has 2 rings (SSSR count). The van der Waals surface area contributed by atoms with Gasteiger partial charge in [0.15, 0.2) is 0 Å². The Morgan fingerprint density at radius 3 is 2.88 bits per heavy atom. The Balaban J connectivity index is 2.40. The number of aryl methyl sites for hydroxylation is 1. The minimum absolute atomic E-state index is 0.368. The van der Waals surface area contributed by atoms with Crippen molar-refractivity contribution in [3.63, 3.8) is 0 Å². The third-order valence-electron chi connectivity index (χ3n) is 2.97. The summed E-state index contributed by atoms with van der Waals surface area (Å²) in [6.45, 7) is 6.36. The fraction of sp³-hybridized carbons (Fsp3) is 0.538. The molecule has 16 heavy (non-hydrogen) atoms. The van der Waals surface area contributed by atoms with E-state index in [2.05, 4.69) is 44.3 Å². The molecule has 0 spiro atoms. The molecule has 2 unspecified atom stereocenters. The number of hydrogen-bond donors (Lipinski definition) is 1. The molecule has 1 heterocycles. The van der Waals surface area contributed by atoms with Crippen molar-refractivity contribution in [3.8, 4) is 0 Å². The molecule has 1 aliphatic rings. The molecule has 0 bridgehead atoms. The summed E-state index contributed by atoms with van der Waals surface area (Å²) in [6, 6.07) is 7.05. The highest BCUT2D eigenvalue weighted by atomic mass is 32.2. The summed E-state index contributed by atoms with van der Waals surface area (Å²) in [5.41, 5.74) is 2.39. The number of fused-ring (bicyclic) bond motifs is 1. The van der Waals surface area contributed by atoms with Gasteiger partial charge in [0.1, 0.15) is 0 Å². The fourth-order valence-electron chi connectivity index (χ4n) is 2.32. The Morgan fingerprint density at radius 2 is 2.19 bits per heavy atom. The van der Waals surface area contributed by atoms with E-state index < -0.39 is 10.8 Å². The van der Waals surface area contributed by atoms with Gasteiger partial charge in [-0.15, -0.1) is 0 Å². The topological polar surface area (TPSA) is 29.1 Å². The van der Waals surface area contributed by atoms with Crippen LogP contribution in [-0.2, 0) is 10.8 Å². The maximum atomic E-state index is 12.0. The minimum atomic E-state index is -0.802. The van der Waals surface area contributed by atoms with Crippen molar-refractivity contribution in [2.75, 3.05) is 5.75 Å². The summed E-state index contributed by atoms with van der Waals surface area (Å²) >= 11 is 0. The fourth-order valence-corrected chi connectivity index (χ4v) is 3.87. The van der Waals surface area contributed by atoms with Crippen LogP contribution in [0.4, 0.5) is 0 Å². The van der Waals surface area contributed by atoms with Crippen LogP contribution in [0.5, 0.6) is 0 Å². The molecular formula is C13H19NOS. The SMILES string of the molecule is Cc1cccc2c1S(=O)CCC2NC(C)C. The number of rotatable bonds is 2. The Bertz CT molecular complexity index is 414. The van der Waals surface area contributed by atoms with Gasteiger partial charge in [-0.05, 0) is 24.5 Å². The van der Waals surface area contributed by atoms with Crippen molar-refractivity contribution >= 4 is 10.8 Å². The maximum Gasteiger partial charge on any atom is 0.0536 e. The molecule has 0 saturated carbocycles. The first-order chi connectivity index (χ1) is 7.59. The predicted octanol–water partition coefficient (Wildman–Crippen LogP) is 2.55. The maximum absolute atomic E-state index is 12.0. The summed E-state index contributed by atoms with van der Waals surface area (Å²) in [5.74, 6) is 0.780. The Hall–Kier alpha value is -0.670. The van der Waals surface area contributed by atoms with Gasteiger partial charge in [-0.25, -0.2) is 0 Å². The molecule has 0 radical (unpaired) electrons. The van der Waals surface area contributed by atoms with Crippen LogP contribution in [0, 0.1) is 6.92 Å². The lowest BCUT2D eigenvalue weighted by Crippen LogP contribution is -2.32. The van der Waals surface area contributed by atoms with E-state index >= 15 is 0 Å². The van der Waals surface area contributed by atoms with Crippen LogP contribution in [0.25, 0.3) is 0 Å². The van der Waals surface area contributed by atoms with Gasteiger partial charge in [0.05, 0.1) is 10.8 Å². The van der Waals surface area contributed by atoms with Crippen LogP contribution < -0.4 is 5.32 Å². The number of benzene rings is 1. The molecule has 3 heteroatoms. The number of hydrogen-bond acceptors (Lipinski definition) is 2. The lowest BCUT2D eigenvalue weighted by molar-refractivity contribution is 0.455. The zero-order chi connectivity index (χ0) is 11.7. The molecule has 1 aromatic rings. The first-order valence-corrected chi connectivity index (χ1v) is 7.15. The van der Waals surface area contributed by atoms with Crippen molar-refractivity contribution in [3.05, 3.63) is 29.3 Å². The highest BCUT2D eigenvalue weighted by molar-refractivity contribution is 7.85. The Kier molecular flexibility index (Phi) is 3.45. The van der Waals surface area contributed by atoms with E-state index in [0.29, 0.717) is 12.1 Å². The molecule has 1 aliphatic heterocycles. The summed E-state index contributed by atoms with van der Waals surface area (Å²) in [6.07, 6.45) is 0.973. The third kappa shape index (κ3) is 2.20. The first kappa shape index (κ1) is 11.8. The Labute approximate surface area is 99.9 Å². The van der Waals surface area contributed by atoms with E-state index in [4.69, 9.17) is 0 Å². The van der Waals surface area contributed by atoms with Crippen LogP contribution in [0.3, 0.4) is 0 Å². The lowest BCUT2D eigenvalue weighted by Gasteiger charge is -2.28. The van der Waals surface area contributed by atoms with E-state index in [1.807, 2.05) is 0 Å². The molecule has 0 aliphatic carbocycles. The summed E-state index contributed by atoms with van der Waals surface area (Å²) in [4.78, 5) is 1.06. The predicted molar refractivity (Wildman–Crippen MR) is 68.1 cm³/mol. The van der Waals surface area contributed by atoms with Crippen LogP contribution >= 0.6 is 0 Å². The molecule has 0 aromatic heterocycles. The van der Waals surface area contributed by atoms with Crippen LogP contribution in [0.1, 0.15) is 37.4 Å². The average molecular weight is 237 g/mol. The summed E-state index contributed by atoms with van der Waals surface area (Å²) in [5, 5.41) is 3.55. The zero-order valence-corrected chi connectivity index (χ0v) is 10.9. The van der Waals surface area contributed by atoms with Gasteiger partial charge < -0.3 is 5.32 Å².